The molecule has 0 radical (unpaired) electrons. The Morgan fingerprint density at radius 3 is 2.87 bits per heavy atom. The summed E-state index contributed by atoms with van der Waals surface area (Å²) in [5.74, 6) is 0.931. The van der Waals surface area contributed by atoms with E-state index in [0.717, 1.165) is 29.4 Å². The lowest BCUT2D eigenvalue weighted by Crippen LogP contribution is -2.27. The van der Waals surface area contributed by atoms with Crippen molar-refractivity contribution in [3.05, 3.63) is 42.0 Å². The molecule has 23 heavy (non-hydrogen) atoms. The summed E-state index contributed by atoms with van der Waals surface area (Å²) >= 11 is 0. The van der Waals surface area contributed by atoms with Crippen LogP contribution in [0.25, 0.3) is 10.9 Å². The van der Waals surface area contributed by atoms with Crippen LogP contribution in [0.2, 0.25) is 0 Å². The largest absolute Gasteiger partial charge is 0.496 e. The monoisotopic (exact) mass is 316 g/mol. The third kappa shape index (κ3) is 3.07. The minimum atomic E-state index is -0.320. The van der Waals surface area contributed by atoms with E-state index in [1.165, 1.54) is 12.1 Å². The number of hydrogen-bond donors (Lipinski definition) is 1. The minimum Gasteiger partial charge on any atom is -0.496 e. The minimum absolute atomic E-state index is 0.320. The first-order valence-electron chi connectivity index (χ1n) is 7.58. The lowest BCUT2D eigenvalue weighted by atomic mass is 10.1. The predicted molar refractivity (Wildman–Crippen MR) is 90.7 cm³/mol. The molecule has 0 amide bonds. The van der Waals surface area contributed by atoms with Gasteiger partial charge in [-0.1, -0.05) is 0 Å². The Bertz CT molecular complexity index is 776. The van der Waals surface area contributed by atoms with Gasteiger partial charge in [-0.15, -0.1) is 0 Å². The van der Waals surface area contributed by atoms with Crippen molar-refractivity contribution in [1.29, 1.82) is 0 Å². The van der Waals surface area contributed by atoms with Gasteiger partial charge in [-0.05, 0) is 38.2 Å². The van der Waals surface area contributed by atoms with Crippen LogP contribution in [0, 0.1) is 5.82 Å². The number of nitrogens with one attached hydrogen (secondary N) is 1. The molecule has 1 aromatic carbocycles. The second-order valence-electron chi connectivity index (χ2n) is 5.79. The summed E-state index contributed by atoms with van der Waals surface area (Å²) in [5, 5.41) is 4.06. The van der Waals surface area contributed by atoms with Gasteiger partial charge in [0, 0.05) is 30.4 Å². The van der Waals surface area contributed by atoms with E-state index in [1.54, 1.807) is 7.11 Å². The SMILES string of the molecule is COc1cc(F)cc2c1c(CCN(C)C)cn2C1=NCC=CN1. The molecular formula is C17H21FN4O. The van der Waals surface area contributed by atoms with E-state index >= 15 is 0 Å². The predicted octanol–water partition coefficient (Wildman–Crippen LogP) is 2.21. The molecule has 5 nitrogen and oxygen atoms in total. The highest BCUT2D eigenvalue weighted by Crippen LogP contribution is 2.32. The Kier molecular flexibility index (Phi) is 4.34. The highest BCUT2D eigenvalue weighted by atomic mass is 19.1. The van der Waals surface area contributed by atoms with Gasteiger partial charge in [-0.25, -0.2) is 9.38 Å². The van der Waals surface area contributed by atoms with Crippen molar-refractivity contribution in [2.75, 3.05) is 34.3 Å². The Morgan fingerprint density at radius 1 is 1.39 bits per heavy atom. The number of aromatic nitrogens is 1. The summed E-state index contributed by atoms with van der Waals surface area (Å²) < 4.78 is 21.3. The average Bonchev–Trinajstić information content (AvgIpc) is 2.91. The molecule has 0 saturated heterocycles. The number of aliphatic imine (C=N–C) groups is 1. The zero-order valence-corrected chi connectivity index (χ0v) is 13.6. The number of nitrogens with zero attached hydrogens (tertiary/aromatic N) is 3. The number of likely N-dealkylation sites (N-methyl/N-ethyl adjacent to an activating group) is 1. The van der Waals surface area contributed by atoms with Crippen LogP contribution in [0.5, 0.6) is 5.75 Å². The highest BCUT2D eigenvalue weighted by Gasteiger charge is 2.18. The van der Waals surface area contributed by atoms with Gasteiger partial charge in [-0.3, -0.25) is 4.57 Å². The van der Waals surface area contributed by atoms with Crippen molar-refractivity contribution >= 4 is 16.9 Å². The van der Waals surface area contributed by atoms with Gasteiger partial charge < -0.3 is 15.0 Å². The van der Waals surface area contributed by atoms with Gasteiger partial charge in [0.15, 0.2) is 0 Å². The quantitative estimate of drug-likeness (QED) is 0.940. The van der Waals surface area contributed by atoms with E-state index in [-0.39, 0.29) is 5.82 Å². The number of rotatable bonds is 4. The Balaban J connectivity index is 2.16. The zero-order valence-electron chi connectivity index (χ0n) is 13.6. The smallest absolute Gasteiger partial charge is 0.207 e. The summed E-state index contributed by atoms with van der Waals surface area (Å²) in [5.41, 5.74) is 1.88. The van der Waals surface area contributed by atoms with E-state index in [0.29, 0.717) is 18.3 Å². The molecule has 6 heteroatoms. The number of methoxy groups -OCH3 is 1. The second kappa shape index (κ2) is 6.42. The van der Waals surface area contributed by atoms with Gasteiger partial charge in [0.25, 0.3) is 0 Å². The summed E-state index contributed by atoms with van der Waals surface area (Å²) in [7, 11) is 5.64. The maximum absolute atomic E-state index is 14.0. The van der Waals surface area contributed by atoms with Crippen LogP contribution in [0.1, 0.15) is 5.56 Å². The molecule has 0 spiro atoms. The molecule has 0 bridgehead atoms. The van der Waals surface area contributed by atoms with Crippen molar-refractivity contribution in [2.24, 2.45) is 4.99 Å². The lowest BCUT2D eigenvalue weighted by Gasteiger charge is -2.12. The first-order valence-corrected chi connectivity index (χ1v) is 7.58. The van der Waals surface area contributed by atoms with Crippen LogP contribution in [-0.2, 0) is 6.42 Å². The molecule has 2 aromatic rings. The van der Waals surface area contributed by atoms with Crippen LogP contribution in [0.3, 0.4) is 0 Å². The Morgan fingerprint density at radius 2 is 2.22 bits per heavy atom. The Hall–Kier alpha value is -2.34. The van der Waals surface area contributed by atoms with Gasteiger partial charge >= 0.3 is 0 Å². The number of halogens is 1. The van der Waals surface area contributed by atoms with Crippen molar-refractivity contribution in [1.82, 2.24) is 14.8 Å². The maximum atomic E-state index is 14.0. The van der Waals surface area contributed by atoms with E-state index in [4.69, 9.17) is 4.74 Å². The van der Waals surface area contributed by atoms with Crippen molar-refractivity contribution in [3.8, 4) is 5.75 Å². The first-order chi connectivity index (χ1) is 11.1. The number of benzene rings is 1. The fourth-order valence-electron chi connectivity index (χ4n) is 2.76. The molecular weight excluding hydrogens is 295 g/mol. The van der Waals surface area contributed by atoms with Crippen molar-refractivity contribution < 1.29 is 9.13 Å². The van der Waals surface area contributed by atoms with Gasteiger partial charge in [-0.2, -0.15) is 0 Å². The van der Waals surface area contributed by atoms with Crippen LogP contribution in [0.4, 0.5) is 4.39 Å². The lowest BCUT2D eigenvalue weighted by molar-refractivity contribution is 0.410. The van der Waals surface area contributed by atoms with Crippen LogP contribution in [-0.4, -0.2) is 49.7 Å². The highest BCUT2D eigenvalue weighted by molar-refractivity contribution is 5.99. The third-order valence-electron chi connectivity index (χ3n) is 3.86. The van der Waals surface area contributed by atoms with Gasteiger partial charge in [0.1, 0.15) is 11.6 Å². The fourth-order valence-corrected chi connectivity index (χ4v) is 2.76. The first kappa shape index (κ1) is 15.6. The van der Waals surface area contributed by atoms with Crippen LogP contribution in [0.15, 0.2) is 35.6 Å². The molecule has 2 heterocycles. The molecule has 1 aliphatic heterocycles. The van der Waals surface area contributed by atoms with Crippen LogP contribution >= 0.6 is 0 Å². The molecule has 0 atom stereocenters. The topological polar surface area (TPSA) is 41.8 Å². The maximum Gasteiger partial charge on any atom is 0.207 e. The van der Waals surface area contributed by atoms with E-state index < -0.39 is 0 Å². The fraction of sp³-hybridized carbons (Fsp3) is 0.353. The summed E-state index contributed by atoms with van der Waals surface area (Å²) in [6, 6.07) is 2.96. The molecule has 1 N–H and O–H groups in total. The van der Waals surface area contributed by atoms with E-state index in [9.17, 15) is 4.39 Å². The van der Waals surface area contributed by atoms with Crippen LogP contribution < -0.4 is 10.1 Å². The summed E-state index contributed by atoms with van der Waals surface area (Å²) in [4.78, 5) is 6.57. The molecule has 3 rings (SSSR count). The normalized spacial score (nSPS) is 14.2. The molecule has 0 saturated carbocycles. The Labute approximate surface area is 135 Å². The molecule has 122 valence electrons. The number of ether oxygens (including phenoxy) is 1. The molecule has 0 fully saturated rings. The van der Waals surface area contributed by atoms with E-state index in [2.05, 4.69) is 15.2 Å². The molecule has 1 aromatic heterocycles. The molecule has 0 unspecified atom stereocenters. The number of fused-ring (bicyclic) bond motifs is 1. The van der Waals surface area contributed by atoms with Crippen molar-refractivity contribution in [3.63, 3.8) is 0 Å². The van der Waals surface area contributed by atoms with Gasteiger partial charge in [0.2, 0.25) is 5.96 Å². The van der Waals surface area contributed by atoms with Crippen molar-refractivity contribution in [2.45, 2.75) is 6.42 Å². The van der Waals surface area contributed by atoms with E-state index in [1.807, 2.05) is 37.1 Å². The summed E-state index contributed by atoms with van der Waals surface area (Å²) in [6.07, 6.45) is 6.65. The average molecular weight is 316 g/mol. The number of hydrogen-bond acceptors (Lipinski definition) is 4. The second-order valence-corrected chi connectivity index (χ2v) is 5.79. The van der Waals surface area contributed by atoms with Gasteiger partial charge in [0.05, 0.1) is 19.2 Å². The third-order valence-corrected chi connectivity index (χ3v) is 3.86. The molecule has 0 aliphatic carbocycles. The zero-order chi connectivity index (χ0) is 16.4. The summed E-state index contributed by atoms with van der Waals surface area (Å²) in [6.45, 7) is 1.51. The standard InChI is InChI=1S/C17H21FN4O/c1-21(2)8-5-12-11-22(17-19-6-4-7-20-17)14-9-13(18)10-15(23-3)16(12)14/h4,6,9-11H,5,7-8H2,1-3H3,(H,19,20). The molecule has 1 aliphatic rings.